The van der Waals surface area contributed by atoms with Gasteiger partial charge in [0.1, 0.15) is 16.4 Å². The lowest BCUT2D eigenvalue weighted by Crippen LogP contribution is -2.38. The van der Waals surface area contributed by atoms with Crippen LogP contribution in [0.15, 0.2) is 23.6 Å². The van der Waals surface area contributed by atoms with Gasteiger partial charge >= 0.3 is 0 Å². The van der Waals surface area contributed by atoms with Crippen LogP contribution in [0.4, 0.5) is 0 Å². The predicted molar refractivity (Wildman–Crippen MR) is 81.7 cm³/mol. The minimum atomic E-state index is -1.11. The van der Waals surface area contributed by atoms with Gasteiger partial charge in [0.05, 0.1) is 11.6 Å². The molecule has 1 amide bonds. The Balaban J connectivity index is 2.07. The Morgan fingerprint density at radius 2 is 2.25 bits per heavy atom. The largest absolute Gasteiger partial charge is 0.383 e. The van der Waals surface area contributed by atoms with Crippen LogP contribution in [-0.4, -0.2) is 22.1 Å². The molecule has 4 nitrogen and oxygen atoms in total. The molecule has 2 N–H and O–H groups in total. The van der Waals surface area contributed by atoms with Gasteiger partial charge < -0.3 is 15.0 Å². The van der Waals surface area contributed by atoms with E-state index in [0.717, 1.165) is 4.88 Å². The second kappa shape index (κ2) is 5.77. The molecular formula is C13H14Cl2N2O2S. The number of nitrogens with one attached hydrogen (secondary N) is 1. The van der Waals surface area contributed by atoms with Crippen molar-refractivity contribution in [2.24, 2.45) is 7.05 Å². The van der Waals surface area contributed by atoms with Gasteiger partial charge in [0.15, 0.2) is 0 Å². The van der Waals surface area contributed by atoms with Crippen LogP contribution >= 0.6 is 34.5 Å². The number of aromatic nitrogens is 1. The second-order valence-corrected chi connectivity index (χ2v) is 6.37. The van der Waals surface area contributed by atoms with Crippen LogP contribution in [0, 0.1) is 0 Å². The molecule has 7 heteroatoms. The molecule has 0 radical (unpaired) electrons. The van der Waals surface area contributed by atoms with Crippen molar-refractivity contribution in [3.05, 3.63) is 44.3 Å². The van der Waals surface area contributed by atoms with Crippen molar-refractivity contribution in [2.75, 3.05) is 6.54 Å². The van der Waals surface area contributed by atoms with Gasteiger partial charge in [0.25, 0.3) is 5.91 Å². The van der Waals surface area contributed by atoms with Crippen LogP contribution in [-0.2, 0) is 12.6 Å². The summed E-state index contributed by atoms with van der Waals surface area (Å²) in [6.07, 6.45) is 0. The minimum absolute atomic E-state index is 0.104. The van der Waals surface area contributed by atoms with E-state index in [-0.39, 0.29) is 12.5 Å². The quantitative estimate of drug-likeness (QED) is 0.904. The molecule has 1 atom stereocenters. The van der Waals surface area contributed by atoms with Gasteiger partial charge in [-0.2, -0.15) is 0 Å². The fourth-order valence-electron chi connectivity index (χ4n) is 1.78. The molecule has 0 bridgehead atoms. The Bertz CT molecular complexity index is 621. The highest BCUT2D eigenvalue weighted by Crippen LogP contribution is 2.26. The normalized spacial score (nSPS) is 14.1. The van der Waals surface area contributed by atoms with Gasteiger partial charge in [-0.3, -0.25) is 4.79 Å². The van der Waals surface area contributed by atoms with E-state index in [0.29, 0.717) is 15.9 Å². The van der Waals surface area contributed by atoms with E-state index in [1.165, 1.54) is 22.0 Å². The fourth-order valence-corrected chi connectivity index (χ4v) is 2.94. The van der Waals surface area contributed by atoms with Crippen molar-refractivity contribution in [3.63, 3.8) is 0 Å². The van der Waals surface area contributed by atoms with Crippen molar-refractivity contribution in [3.8, 4) is 0 Å². The van der Waals surface area contributed by atoms with Crippen molar-refractivity contribution in [2.45, 2.75) is 12.5 Å². The fraction of sp³-hybridized carbons (Fsp3) is 0.308. The number of amides is 1. The van der Waals surface area contributed by atoms with E-state index in [1.807, 2.05) is 17.5 Å². The van der Waals surface area contributed by atoms with Gasteiger partial charge in [-0.25, -0.2) is 0 Å². The minimum Gasteiger partial charge on any atom is -0.383 e. The molecular weight excluding hydrogens is 319 g/mol. The Hall–Kier alpha value is -1.01. The van der Waals surface area contributed by atoms with E-state index in [4.69, 9.17) is 23.2 Å². The number of hydrogen-bond acceptors (Lipinski definition) is 3. The first-order valence-electron chi connectivity index (χ1n) is 5.88. The van der Waals surface area contributed by atoms with Crippen LogP contribution < -0.4 is 5.32 Å². The lowest BCUT2D eigenvalue weighted by Gasteiger charge is -2.22. The Kier molecular flexibility index (Phi) is 4.44. The molecule has 0 fully saturated rings. The number of aliphatic hydroxyl groups is 1. The van der Waals surface area contributed by atoms with Gasteiger partial charge in [0.2, 0.25) is 0 Å². The average molecular weight is 333 g/mol. The summed E-state index contributed by atoms with van der Waals surface area (Å²) in [6, 6.07) is 5.18. The number of halogens is 2. The number of hydrogen-bond donors (Lipinski definition) is 2. The second-order valence-electron chi connectivity index (χ2n) is 4.66. The molecule has 2 aromatic heterocycles. The van der Waals surface area contributed by atoms with Crippen molar-refractivity contribution in [1.82, 2.24) is 9.88 Å². The number of carbonyl (C=O) groups is 1. The molecule has 2 heterocycles. The third-order valence-corrected chi connectivity index (χ3v) is 4.96. The van der Waals surface area contributed by atoms with Crippen LogP contribution in [0.5, 0.6) is 0 Å². The van der Waals surface area contributed by atoms with Gasteiger partial charge in [-0.05, 0) is 24.4 Å². The lowest BCUT2D eigenvalue weighted by molar-refractivity contribution is 0.0554. The zero-order valence-electron chi connectivity index (χ0n) is 11.0. The van der Waals surface area contributed by atoms with Gasteiger partial charge in [0, 0.05) is 11.9 Å². The van der Waals surface area contributed by atoms with E-state index in [9.17, 15) is 9.90 Å². The first-order chi connectivity index (χ1) is 9.33. The number of thiophene rings is 1. The first kappa shape index (κ1) is 15.4. The summed E-state index contributed by atoms with van der Waals surface area (Å²) in [7, 11) is 1.65. The number of nitrogens with zero attached hydrogens (tertiary/aromatic N) is 1. The van der Waals surface area contributed by atoms with E-state index in [1.54, 1.807) is 14.0 Å². The first-order valence-corrected chi connectivity index (χ1v) is 7.52. The van der Waals surface area contributed by atoms with Crippen LogP contribution in [0.2, 0.25) is 10.2 Å². The van der Waals surface area contributed by atoms with Crippen LogP contribution in [0.1, 0.15) is 22.3 Å². The summed E-state index contributed by atoms with van der Waals surface area (Å²) in [4.78, 5) is 12.9. The Morgan fingerprint density at radius 1 is 1.55 bits per heavy atom. The summed E-state index contributed by atoms with van der Waals surface area (Å²) < 4.78 is 1.50. The summed E-state index contributed by atoms with van der Waals surface area (Å²) in [5, 5.41) is 15.5. The zero-order valence-corrected chi connectivity index (χ0v) is 13.3. The SMILES string of the molecule is Cn1c(C(=O)NCC(C)(O)c2cccs2)cc(Cl)c1Cl. The maximum absolute atomic E-state index is 12.1. The van der Waals surface area contributed by atoms with Gasteiger partial charge in [-0.15, -0.1) is 11.3 Å². The molecule has 0 saturated carbocycles. The maximum atomic E-state index is 12.1. The molecule has 0 saturated heterocycles. The molecule has 2 rings (SSSR count). The summed E-state index contributed by atoms with van der Waals surface area (Å²) in [5.41, 5.74) is -0.759. The highest BCUT2D eigenvalue weighted by atomic mass is 35.5. The maximum Gasteiger partial charge on any atom is 0.268 e. The smallest absolute Gasteiger partial charge is 0.268 e. The topological polar surface area (TPSA) is 54.3 Å². The number of rotatable bonds is 4. The third kappa shape index (κ3) is 3.01. The molecule has 1 unspecified atom stereocenters. The van der Waals surface area contributed by atoms with Crippen molar-refractivity contribution >= 4 is 40.4 Å². The van der Waals surface area contributed by atoms with Crippen LogP contribution in [0.25, 0.3) is 0 Å². The predicted octanol–water partition coefficient (Wildman–Crippen LogP) is 3.03. The molecule has 108 valence electrons. The van der Waals surface area contributed by atoms with Crippen LogP contribution in [0.3, 0.4) is 0 Å². The van der Waals surface area contributed by atoms with E-state index < -0.39 is 5.60 Å². The van der Waals surface area contributed by atoms with E-state index in [2.05, 4.69) is 5.32 Å². The van der Waals surface area contributed by atoms with E-state index >= 15 is 0 Å². The Morgan fingerprint density at radius 3 is 2.75 bits per heavy atom. The summed E-state index contributed by atoms with van der Waals surface area (Å²) in [5.74, 6) is -0.335. The van der Waals surface area contributed by atoms with Crippen molar-refractivity contribution < 1.29 is 9.90 Å². The molecule has 2 aromatic rings. The third-order valence-electron chi connectivity index (χ3n) is 2.99. The summed E-state index contributed by atoms with van der Waals surface area (Å²) in [6.45, 7) is 1.76. The molecule has 0 aromatic carbocycles. The molecule has 0 spiro atoms. The van der Waals surface area contributed by atoms with Crippen molar-refractivity contribution in [1.29, 1.82) is 0 Å². The summed E-state index contributed by atoms with van der Waals surface area (Å²) >= 11 is 13.2. The molecule has 0 aliphatic rings. The standard InChI is InChI=1S/C13H14Cl2N2O2S/c1-13(19,10-4-3-5-20-10)7-16-12(18)9-6-8(14)11(15)17(9)2/h3-6,19H,7H2,1-2H3,(H,16,18). The monoisotopic (exact) mass is 332 g/mol. The van der Waals surface area contributed by atoms with Gasteiger partial charge in [-0.1, -0.05) is 29.3 Å². The molecule has 0 aliphatic carbocycles. The number of carbonyl (C=O) groups excluding carboxylic acids is 1. The molecule has 0 aliphatic heterocycles. The lowest BCUT2D eigenvalue weighted by atomic mass is 10.1. The average Bonchev–Trinajstić information content (AvgIpc) is 3.01. The zero-order chi connectivity index (χ0) is 14.9. The Labute approximate surface area is 130 Å². The molecule has 20 heavy (non-hydrogen) atoms. The highest BCUT2D eigenvalue weighted by molar-refractivity contribution is 7.10. The highest BCUT2D eigenvalue weighted by Gasteiger charge is 2.26.